The molecule has 0 aliphatic rings. The maximum absolute atomic E-state index is 6.07. The van der Waals surface area contributed by atoms with Crippen molar-refractivity contribution in [2.45, 2.75) is 52.2 Å². The topological polar surface area (TPSA) is 27.7 Å². The second-order valence-electron chi connectivity index (χ2n) is 8.30. The van der Waals surface area contributed by atoms with Crippen molar-refractivity contribution < 1.29 is 14.2 Å². The summed E-state index contributed by atoms with van der Waals surface area (Å²) in [6, 6.07) is 26.2. The first-order valence-electron chi connectivity index (χ1n) is 10.6. The standard InChI is InChI=1S/C27H32O3/c1-5-21(2)29-25-16-14-23(15-17-25)27(3,4)20-28-19-22-10-9-13-26(18-22)30-24-11-7-6-8-12-24/h6-18,21H,5,19-20H2,1-4H3. The van der Waals surface area contributed by atoms with Gasteiger partial charge in [0.15, 0.2) is 0 Å². The van der Waals surface area contributed by atoms with Crippen LogP contribution in [-0.2, 0) is 16.8 Å². The summed E-state index contributed by atoms with van der Waals surface area (Å²) in [5, 5.41) is 0. The van der Waals surface area contributed by atoms with Crippen LogP contribution in [0.4, 0.5) is 0 Å². The maximum atomic E-state index is 6.07. The third-order valence-corrected chi connectivity index (χ3v) is 5.16. The summed E-state index contributed by atoms with van der Waals surface area (Å²) in [6.07, 6.45) is 1.23. The molecule has 0 aromatic heterocycles. The summed E-state index contributed by atoms with van der Waals surface area (Å²) in [4.78, 5) is 0. The lowest BCUT2D eigenvalue weighted by Crippen LogP contribution is -2.24. The van der Waals surface area contributed by atoms with Crippen LogP contribution in [0.2, 0.25) is 0 Å². The minimum absolute atomic E-state index is 0.0902. The van der Waals surface area contributed by atoms with Gasteiger partial charge in [0, 0.05) is 5.41 Å². The van der Waals surface area contributed by atoms with E-state index in [1.807, 2.05) is 60.7 Å². The van der Waals surface area contributed by atoms with Crippen LogP contribution in [0.1, 0.15) is 45.2 Å². The number of rotatable bonds is 10. The molecule has 0 bridgehead atoms. The van der Waals surface area contributed by atoms with Crippen molar-refractivity contribution in [3.63, 3.8) is 0 Å². The van der Waals surface area contributed by atoms with Crippen LogP contribution in [0.5, 0.6) is 17.2 Å². The second kappa shape index (κ2) is 10.3. The monoisotopic (exact) mass is 404 g/mol. The van der Waals surface area contributed by atoms with Crippen molar-refractivity contribution in [3.8, 4) is 17.2 Å². The predicted molar refractivity (Wildman–Crippen MR) is 122 cm³/mol. The zero-order chi connectivity index (χ0) is 21.4. The summed E-state index contributed by atoms with van der Waals surface area (Å²) >= 11 is 0. The van der Waals surface area contributed by atoms with Gasteiger partial charge in [-0.1, -0.05) is 63.2 Å². The van der Waals surface area contributed by atoms with Gasteiger partial charge in [-0.2, -0.15) is 0 Å². The van der Waals surface area contributed by atoms with Crippen molar-refractivity contribution in [1.82, 2.24) is 0 Å². The molecule has 1 atom stereocenters. The van der Waals surface area contributed by atoms with Crippen LogP contribution in [0.25, 0.3) is 0 Å². The van der Waals surface area contributed by atoms with E-state index in [0.29, 0.717) is 13.2 Å². The van der Waals surface area contributed by atoms with E-state index in [1.165, 1.54) is 5.56 Å². The SMILES string of the molecule is CCC(C)Oc1ccc(C(C)(C)COCc2cccc(Oc3ccccc3)c2)cc1. The third kappa shape index (κ3) is 6.36. The van der Waals surface area contributed by atoms with Crippen molar-refractivity contribution >= 4 is 0 Å². The fourth-order valence-electron chi connectivity index (χ4n) is 3.13. The largest absolute Gasteiger partial charge is 0.491 e. The molecule has 0 N–H and O–H groups in total. The van der Waals surface area contributed by atoms with E-state index in [-0.39, 0.29) is 11.5 Å². The normalized spacial score (nSPS) is 12.4. The first kappa shape index (κ1) is 21.9. The van der Waals surface area contributed by atoms with Crippen molar-refractivity contribution in [3.05, 3.63) is 90.0 Å². The minimum atomic E-state index is -0.0902. The van der Waals surface area contributed by atoms with Crippen LogP contribution >= 0.6 is 0 Å². The number of hydrogen-bond donors (Lipinski definition) is 0. The fraction of sp³-hybridized carbons (Fsp3) is 0.333. The molecule has 1 unspecified atom stereocenters. The fourth-order valence-corrected chi connectivity index (χ4v) is 3.13. The van der Waals surface area contributed by atoms with Gasteiger partial charge in [-0.05, 0) is 60.9 Å². The summed E-state index contributed by atoms with van der Waals surface area (Å²) in [6.45, 7) is 9.79. The van der Waals surface area contributed by atoms with Gasteiger partial charge in [0.25, 0.3) is 0 Å². The zero-order valence-electron chi connectivity index (χ0n) is 18.4. The molecule has 0 amide bonds. The van der Waals surface area contributed by atoms with Crippen LogP contribution in [0.15, 0.2) is 78.9 Å². The molecule has 0 saturated heterocycles. The quantitative estimate of drug-likeness (QED) is 0.359. The molecule has 3 nitrogen and oxygen atoms in total. The molecule has 0 aliphatic carbocycles. The molecule has 30 heavy (non-hydrogen) atoms. The lowest BCUT2D eigenvalue weighted by molar-refractivity contribution is 0.0824. The Labute approximate surface area is 180 Å². The number of para-hydroxylation sites is 1. The predicted octanol–water partition coefficient (Wildman–Crippen LogP) is 7.15. The van der Waals surface area contributed by atoms with E-state index in [2.05, 4.69) is 45.9 Å². The van der Waals surface area contributed by atoms with Gasteiger partial charge in [-0.3, -0.25) is 0 Å². The number of hydrogen-bond acceptors (Lipinski definition) is 3. The molecule has 0 aliphatic heterocycles. The molecule has 0 heterocycles. The highest BCUT2D eigenvalue weighted by Crippen LogP contribution is 2.27. The van der Waals surface area contributed by atoms with E-state index in [0.717, 1.165) is 29.2 Å². The second-order valence-corrected chi connectivity index (χ2v) is 8.30. The van der Waals surface area contributed by atoms with Crippen molar-refractivity contribution in [1.29, 1.82) is 0 Å². The molecule has 158 valence electrons. The molecule has 0 fully saturated rings. The number of benzene rings is 3. The highest BCUT2D eigenvalue weighted by molar-refractivity contribution is 5.34. The molecular formula is C27H32O3. The summed E-state index contributed by atoms with van der Waals surface area (Å²) < 4.78 is 17.9. The van der Waals surface area contributed by atoms with E-state index in [4.69, 9.17) is 14.2 Å². The summed E-state index contributed by atoms with van der Waals surface area (Å²) in [7, 11) is 0. The van der Waals surface area contributed by atoms with E-state index in [1.54, 1.807) is 0 Å². The Hall–Kier alpha value is -2.78. The Morgan fingerprint density at radius 3 is 2.20 bits per heavy atom. The molecule has 3 aromatic rings. The van der Waals surface area contributed by atoms with Crippen LogP contribution in [0, 0.1) is 0 Å². The van der Waals surface area contributed by atoms with Crippen molar-refractivity contribution in [2.24, 2.45) is 0 Å². The van der Waals surface area contributed by atoms with Crippen LogP contribution in [-0.4, -0.2) is 12.7 Å². The summed E-state index contributed by atoms with van der Waals surface area (Å²) in [5.74, 6) is 2.57. The Bertz CT molecular complexity index is 901. The van der Waals surface area contributed by atoms with Crippen molar-refractivity contribution in [2.75, 3.05) is 6.61 Å². The van der Waals surface area contributed by atoms with Gasteiger partial charge in [-0.15, -0.1) is 0 Å². The average Bonchev–Trinajstić information content (AvgIpc) is 2.75. The number of ether oxygens (including phenoxy) is 3. The first-order chi connectivity index (χ1) is 14.5. The van der Waals surface area contributed by atoms with Gasteiger partial charge >= 0.3 is 0 Å². The zero-order valence-corrected chi connectivity index (χ0v) is 18.4. The van der Waals surface area contributed by atoms with Gasteiger partial charge in [0.1, 0.15) is 17.2 Å². The Morgan fingerprint density at radius 2 is 1.50 bits per heavy atom. The van der Waals surface area contributed by atoms with Gasteiger partial charge < -0.3 is 14.2 Å². The van der Waals surface area contributed by atoms with E-state index < -0.39 is 0 Å². The van der Waals surface area contributed by atoms with E-state index in [9.17, 15) is 0 Å². The smallest absolute Gasteiger partial charge is 0.127 e. The van der Waals surface area contributed by atoms with Crippen LogP contribution in [0.3, 0.4) is 0 Å². The molecule has 3 rings (SSSR count). The maximum Gasteiger partial charge on any atom is 0.127 e. The molecule has 0 saturated carbocycles. The molecule has 3 aromatic carbocycles. The van der Waals surface area contributed by atoms with Crippen LogP contribution < -0.4 is 9.47 Å². The molecule has 0 spiro atoms. The van der Waals surface area contributed by atoms with Gasteiger partial charge in [0.05, 0.1) is 19.3 Å². The van der Waals surface area contributed by atoms with Gasteiger partial charge in [-0.25, -0.2) is 0 Å². The highest BCUT2D eigenvalue weighted by atomic mass is 16.5. The average molecular weight is 405 g/mol. The third-order valence-electron chi connectivity index (χ3n) is 5.16. The Balaban J connectivity index is 1.54. The lowest BCUT2D eigenvalue weighted by atomic mass is 9.85. The van der Waals surface area contributed by atoms with E-state index >= 15 is 0 Å². The molecule has 3 heteroatoms. The Morgan fingerprint density at radius 1 is 0.800 bits per heavy atom. The molecular weight excluding hydrogens is 372 g/mol. The first-order valence-corrected chi connectivity index (χ1v) is 10.6. The summed E-state index contributed by atoms with van der Waals surface area (Å²) in [5.41, 5.74) is 2.24. The minimum Gasteiger partial charge on any atom is -0.491 e. The highest BCUT2D eigenvalue weighted by Gasteiger charge is 2.21. The lowest BCUT2D eigenvalue weighted by Gasteiger charge is -2.25. The Kier molecular flexibility index (Phi) is 7.53. The van der Waals surface area contributed by atoms with Gasteiger partial charge in [0.2, 0.25) is 0 Å². The molecule has 0 radical (unpaired) electrons.